The van der Waals surface area contributed by atoms with Gasteiger partial charge in [0.1, 0.15) is 11.4 Å². The average Bonchev–Trinajstić information content (AvgIpc) is 3.53. The van der Waals surface area contributed by atoms with Crippen LogP contribution in [0, 0.1) is 5.41 Å². The Hall–Kier alpha value is -1.18. The molecule has 5 heterocycles. The smallest absolute Gasteiger partial charge is 0.122 e. The summed E-state index contributed by atoms with van der Waals surface area (Å²) in [6.07, 6.45) is 4.36. The first-order chi connectivity index (χ1) is 14.7. The first-order valence-electron chi connectivity index (χ1n) is 11.0. The van der Waals surface area contributed by atoms with Crippen molar-refractivity contribution in [3.63, 3.8) is 0 Å². The van der Waals surface area contributed by atoms with Gasteiger partial charge in [0.15, 0.2) is 0 Å². The lowest BCUT2D eigenvalue weighted by atomic mass is 9.57. The molecular weight excluding hydrogens is 490 g/mol. The number of fused-ring (bicyclic) bond motifs is 3. The maximum absolute atomic E-state index is 12.2. The van der Waals surface area contributed by atoms with Crippen LogP contribution >= 0.6 is 22.7 Å². The number of hydrogen-bond donors (Lipinski definition) is 1. The minimum Gasteiger partial charge on any atom is -1.00 e. The number of para-hydroxylation sites is 1. The van der Waals surface area contributed by atoms with Gasteiger partial charge in [-0.2, -0.15) is 22.7 Å². The summed E-state index contributed by atoms with van der Waals surface area (Å²) < 4.78 is 7.12. The van der Waals surface area contributed by atoms with Gasteiger partial charge in [0.05, 0.1) is 32.8 Å². The topological polar surface area (TPSA) is 29.5 Å². The summed E-state index contributed by atoms with van der Waals surface area (Å²) in [6, 6.07) is 14.4. The molecule has 1 N–H and O–H groups in total. The first-order valence-corrected chi connectivity index (χ1v) is 12.9. The number of quaternary nitrogens is 1. The number of rotatable bonds is 8. The standard InChI is InChI=1S/C25H30NO2S2.BrH/c27-25(21-7-17-29-19-21,22-8-18-30-20-22)24-9-13-26(14-10-24,15-11-24)12-4-16-28-23-5-2-1-3-6-23;/h1-3,5-8,17-20,27H,4,9-16H2;1H/q+1;/p-1. The Labute approximate surface area is 203 Å². The fourth-order valence-corrected chi connectivity index (χ4v) is 7.17. The van der Waals surface area contributed by atoms with Gasteiger partial charge >= 0.3 is 0 Å². The van der Waals surface area contributed by atoms with Crippen molar-refractivity contribution < 1.29 is 31.3 Å². The van der Waals surface area contributed by atoms with E-state index in [4.69, 9.17) is 4.74 Å². The number of thiophene rings is 2. The molecule has 0 unspecified atom stereocenters. The highest BCUT2D eigenvalue weighted by Crippen LogP contribution is 2.58. The van der Waals surface area contributed by atoms with E-state index in [0.717, 1.165) is 49.2 Å². The van der Waals surface area contributed by atoms with Gasteiger partial charge in [-0.3, -0.25) is 0 Å². The van der Waals surface area contributed by atoms with Crippen LogP contribution in [0.3, 0.4) is 0 Å². The Morgan fingerprint density at radius 2 is 1.48 bits per heavy atom. The fraction of sp³-hybridized carbons (Fsp3) is 0.440. The van der Waals surface area contributed by atoms with Gasteiger partial charge < -0.3 is 31.3 Å². The second kappa shape index (κ2) is 9.36. The molecule has 3 aliphatic heterocycles. The number of ether oxygens (including phenoxy) is 1. The summed E-state index contributed by atoms with van der Waals surface area (Å²) in [7, 11) is 0. The molecule has 0 radical (unpaired) electrons. The number of halogens is 1. The van der Waals surface area contributed by atoms with Crippen LogP contribution in [0.1, 0.15) is 36.8 Å². The van der Waals surface area contributed by atoms with Crippen molar-refractivity contribution in [3.8, 4) is 5.75 Å². The molecule has 3 saturated heterocycles. The van der Waals surface area contributed by atoms with Gasteiger partial charge in [0.2, 0.25) is 0 Å². The molecule has 0 amide bonds. The van der Waals surface area contributed by atoms with Crippen molar-refractivity contribution in [2.24, 2.45) is 5.41 Å². The predicted molar refractivity (Wildman–Crippen MR) is 124 cm³/mol. The van der Waals surface area contributed by atoms with Crippen LogP contribution in [0.2, 0.25) is 0 Å². The van der Waals surface area contributed by atoms with Crippen LogP contribution in [-0.2, 0) is 5.60 Å². The molecule has 0 spiro atoms. The maximum Gasteiger partial charge on any atom is 0.122 e. The normalized spacial score (nSPS) is 25.2. The van der Waals surface area contributed by atoms with Crippen LogP contribution in [-0.4, -0.2) is 42.4 Å². The number of benzene rings is 1. The molecule has 3 fully saturated rings. The lowest BCUT2D eigenvalue weighted by Crippen LogP contribution is -3.00. The van der Waals surface area contributed by atoms with Crippen LogP contribution < -0.4 is 21.7 Å². The molecule has 2 bridgehead atoms. The Bertz CT molecular complexity index is 885. The van der Waals surface area contributed by atoms with Crippen molar-refractivity contribution in [2.75, 3.05) is 32.8 Å². The van der Waals surface area contributed by atoms with Crippen molar-refractivity contribution in [1.29, 1.82) is 0 Å². The quantitative estimate of drug-likeness (QED) is 0.366. The van der Waals surface area contributed by atoms with Gasteiger partial charge in [0.25, 0.3) is 0 Å². The van der Waals surface area contributed by atoms with E-state index in [9.17, 15) is 5.11 Å². The number of hydrogen-bond acceptors (Lipinski definition) is 4. The maximum atomic E-state index is 12.2. The second-order valence-corrected chi connectivity index (χ2v) is 10.6. The predicted octanol–water partition coefficient (Wildman–Crippen LogP) is 2.52. The molecule has 3 nitrogen and oxygen atoms in total. The summed E-state index contributed by atoms with van der Waals surface area (Å²) in [6.45, 7) is 5.47. The highest BCUT2D eigenvalue weighted by Gasteiger charge is 2.60. The van der Waals surface area contributed by atoms with Crippen LogP contribution in [0.5, 0.6) is 5.75 Å². The van der Waals surface area contributed by atoms with Gasteiger partial charge in [-0.05, 0) is 56.9 Å². The Morgan fingerprint density at radius 3 is 2.00 bits per heavy atom. The van der Waals surface area contributed by atoms with Crippen molar-refractivity contribution in [3.05, 3.63) is 75.1 Å². The zero-order chi connectivity index (χ0) is 20.5. The summed E-state index contributed by atoms with van der Waals surface area (Å²) >= 11 is 3.37. The van der Waals surface area contributed by atoms with E-state index in [0.29, 0.717) is 0 Å². The molecule has 6 heteroatoms. The molecule has 2 aromatic heterocycles. The Balaban J connectivity index is 0.00000231. The third-order valence-electron chi connectivity index (χ3n) is 7.63. The number of aliphatic hydroxyl groups is 1. The third-order valence-corrected chi connectivity index (χ3v) is 8.99. The molecule has 6 rings (SSSR count). The van der Waals surface area contributed by atoms with E-state index in [1.165, 1.54) is 30.7 Å². The van der Waals surface area contributed by atoms with Crippen molar-refractivity contribution in [1.82, 2.24) is 0 Å². The lowest BCUT2D eigenvalue weighted by Gasteiger charge is -2.59. The minimum absolute atomic E-state index is 0. The van der Waals surface area contributed by atoms with Gasteiger partial charge in [-0.15, -0.1) is 0 Å². The van der Waals surface area contributed by atoms with Gasteiger partial charge in [-0.25, -0.2) is 0 Å². The summed E-state index contributed by atoms with van der Waals surface area (Å²) in [5, 5.41) is 20.7. The van der Waals surface area contributed by atoms with E-state index < -0.39 is 5.60 Å². The molecular formula is C25H30BrNO2S2. The van der Waals surface area contributed by atoms with E-state index >= 15 is 0 Å². The zero-order valence-corrected chi connectivity index (χ0v) is 20.9. The van der Waals surface area contributed by atoms with E-state index in [2.05, 4.69) is 33.7 Å². The lowest BCUT2D eigenvalue weighted by molar-refractivity contribution is -0.946. The Kier molecular flexibility index (Phi) is 6.94. The third kappa shape index (κ3) is 4.13. The highest BCUT2D eigenvalue weighted by atomic mass is 79.9. The van der Waals surface area contributed by atoms with Crippen molar-refractivity contribution >= 4 is 22.7 Å². The van der Waals surface area contributed by atoms with Crippen LogP contribution in [0.25, 0.3) is 0 Å². The summed E-state index contributed by atoms with van der Waals surface area (Å²) in [5.41, 5.74) is 1.27. The zero-order valence-electron chi connectivity index (χ0n) is 17.7. The summed E-state index contributed by atoms with van der Waals surface area (Å²) in [5.74, 6) is 0.963. The molecule has 1 aromatic carbocycles. The second-order valence-electron chi connectivity index (χ2n) is 9.02. The fourth-order valence-electron chi connectivity index (χ4n) is 5.77. The van der Waals surface area contributed by atoms with Crippen molar-refractivity contribution in [2.45, 2.75) is 31.3 Å². The molecule has 0 aliphatic carbocycles. The average molecular weight is 521 g/mol. The van der Waals surface area contributed by atoms with E-state index in [1.54, 1.807) is 22.7 Å². The van der Waals surface area contributed by atoms with Crippen LogP contribution in [0.15, 0.2) is 64.0 Å². The van der Waals surface area contributed by atoms with Gasteiger partial charge in [-0.1, -0.05) is 18.2 Å². The van der Waals surface area contributed by atoms with Crippen LogP contribution in [0.4, 0.5) is 0 Å². The molecule has 0 saturated carbocycles. The molecule has 0 atom stereocenters. The highest BCUT2D eigenvalue weighted by molar-refractivity contribution is 7.08. The molecule has 3 aliphatic rings. The molecule has 166 valence electrons. The summed E-state index contributed by atoms with van der Waals surface area (Å²) in [4.78, 5) is 0. The monoisotopic (exact) mass is 519 g/mol. The largest absolute Gasteiger partial charge is 1.00 e. The molecule has 31 heavy (non-hydrogen) atoms. The van der Waals surface area contributed by atoms with Gasteiger partial charge in [0, 0.05) is 31.1 Å². The van der Waals surface area contributed by atoms with E-state index in [1.807, 2.05) is 30.3 Å². The SMILES string of the molecule is OC(c1ccsc1)(c1ccsc1)C12CC[N+](CCCOc3ccccc3)(CC1)CC2.[Br-]. The molecule has 3 aromatic rings. The Morgan fingerprint density at radius 1 is 0.903 bits per heavy atom. The van der Waals surface area contributed by atoms with E-state index in [-0.39, 0.29) is 22.4 Å². The number of nitrogens with zero attached hydrogens (tertiary/aromatic N) is 1. The number of piperidine rings is 3. The first kappa shape index (κ1) is 23.0. The minimum atomic E-state index is -0.861.